The summed E-state index contributed by atoms with van der Waals surface area (Å²) in [5.41, 5.74) is -0.472. The molecule has 2 N–H and O–H groups in total. The Bertz CT molecular complexity index is 1080. The van der Waals surface area contributed by atoms with Gasteiger partial charge in [-0.3, -0.25) is 14.4 Å². The van der Waals surface area contributed by atoms with Crippen LogP contribution in [0.4, 0.5) is 5.69 Å². The summed E-state index contributed by atoms with van der Waals surface area (Å²) in [5.74, 6) is -1.95. The van der Waals surface area contributed by atoms with E-state index in [1.165, 1.54) is 6.42 Å². The topological polar surface area (TPSA) is 91.0 Å². The first-order valence-corrected chi connectivity index (χ1v) is 14.8. The third-order valence-electron chi connectivity index (χ3n) is 9.04. The zero-order valence-electron chi connectivity index (χ0n) is 22.2. The molecule has 1 aliphatic carbocycles. The molecule has 3 heterocycles. The van der Waals surface area contributed by atoms with Gasteiger partial charge in [0.25, 0.3) is 0 Å². The fourth-order valence-electron chi connectivity index (χ4n) is 7.11. The number of halogens is 2. The molecule has 5 atom stereocenters. The summed E-state index contributed by atoms with van der Waals surface area (Å²) in [6, 6.07) is 4.30. The summed E-state index contributed by atoms with van der Waals surface area (Å²) >= 11 is 12.2. The molecule has 3 aliphatic heterocycles. The normalized spacial score (nSPS) is 30.7. The number of likely N-dealkylation sites (tertiary alicyclic amines) is 1. The molecule has 2 bridgehead atoms. The lowest BCUT2D eigenvalue weighted by atomic mass is 9.70. The summed E-state index contributed by atoms with van der Waals surface area (Å²) in [6.07, 6.45) is 6.14. The first-order chi connectivity index (χ1) is 18.3. The molecule has 1 aromatic rings. The van der Waals surface area contributed by atoms with Crippen molar-refractivity contribution in [1.82, 2.24) is 15.1 Å². The molecular formula is C28H38Cl2N4O4. The number of rotatable bonds is 9. The smallest absolute Gasteiger partial charge is 0.246 e. The lowest BCUT2D eigenvalue weighted by Gasteiger charge is -2.35. The maximum atomic E-state index is 14.1. The Morgan fingerprint density at radius 2 is 1.82 bits per heavy atom. The Labute approximate surface area is 234 Å². The van der Waals surface area contributed by atoms with E-state index in [1.54, 1.807) is 23.1 Å². The number of nitrogens with zero attached hydrogens (tertiary/aromatic N) is 2. The fraction of sp³-hybridized carbons (Fsp3) is 0.679. The minimum absolute atomic E-state index is 0.124. The number of anilines is 1. The van der Waals surface area contributed by atoms with Gasteiger partial charge in [-0.25, -0.2) is 0 Å². The van der Waals surface area contributed by atoms with Crippen molar-refractivity contribution in [2.75, 3.05) is 31.5 Å². The molecule has 38 heavy (non-hydrogen) atoms. The minimum atomic E-state index is -0.983. The number of nitrogens with one attached hydrogen (secondary N) is 2. The molecular weight excluding hydrogens is 527 g/mol. The van der Waals surface area contributed by atoms with Gasteiger partial charge >= 0.3 is 0 Å². The third kappa shape index (κ3) is 4.93. The highest BCUT2D eigenvalue weighted by Gasteiger charge is 2.74. The zero-order valence-corrected chi connectivity index (χ0v) is 23.7. The van der Waals surface area contributed by atoms with E-state index in [0.29, 0.717) is 41.7 Å². The number of hydrogen-bond donors (Lipinski definition) is 2. The van der Waals surface area contributed by atoms with Crippen LogP contribution < -0.4 is 10.6 Å². The number of carbonyl (C=O) groups excluding carboxylic acids is 3. The third-order valence-corrected chi connectivity index (χ3v) is 9.78. The van der Waals surface area contributed by atoms with Gasteiger partial charge in [0.05, 0.1) is 28.0 Å². The highest BCUT2D eigenvalue weighted by atomic mass is 35.5. The molecule has 10 heteroatoms. The van der Waals surface area contributed by atoms with Crippen LogP contribution >= 0.6 is 23.2 Å². The van der Waals surface area contributed by atoms with E-state index in [9.17, 15) is 14.4 Å². The Morgan fingerprint density at radius 1 is 1.08 bits per heavy atom. The summed E-state index contributed by atoms with van der Waals surface area (Å²) in [5, 5.41) is 6.91. The molecule has 208 valence electrons. The van der Waals surface area contributed by atoms with E-state index < -0.39 is 29.6 Å². The van der Waals surface area contributed by atoms with Crippen molar-refractivity contribution in [3.8, 4) is 0 Å². The van der Waals surface area contributed by atoms with Crippen LogP contribution in [0.5, 0.6) is 0 Å². The SMILES string of the molecule is CCN(CC)CCN1C(=O)C2C(C(=O)Nc3ccc(Cl)c(Cl)c3)C3CCC2(O3)C1C(=O)NC1CCCCC1. The van der Waals surface area contributed by atoms with Crippen LogP contribution in [-0.2, 0) is 19.1 Å². The standard InChI is InChI=1S/C28H38Cl2N4O4/c1-3-33(4-2)14-15-34-24(26(36)31-17-8-6-5-7-9-17)28-13-12-21(38-28)22(23(28)27(34)37)25(35)32-18-10-11-19(29)20(30)16-18/h10-11,16-17,21-24H,3-9,12-15H2,1-2H3,(H,31,36)(H,32,35). The summed E-state index contributed by atoms with van der Waals surface area (Å²) < 4.78 is 6.54. The molecule has 4 aliphatic rings. The zero-order chi connectivity index (χ0) is 27.0. The van der Waals surface area contributed by atoms with Gasteiger partial charge in [0.15, 0.2) is 0 Å². The van der Waals surface area contributed by atoms with Gasteiger partial charge in [-0.1, -0.05) is 56.3 Å². The fourth-order valence-corrected chi connectivity index (χ4v) is 7.41. The van der Waals surface area contributed by atoms with Crippen LogP contribution in [0.1, 0.15) is 58.8 Å². The van der Waals surface area contributed by atoms with E-state index in [-0.39, 0.29) is 23.8 Å². The van der Waals surface area contributed by atoms with Gasteiger partial charge in [-0.2, -0.15) is 0 Å². The van der Waals surface area contributed by atoms with E-state index in [4.69, 9.17) is 27.9 Å². The largest absolute Gasteiger partial charge is 0.367 e. The highest BCUT2D eigenvalue weighted by Crippen LogP contribution is 2.58. The summed E-state index contributed by atoms with van der Waals surface area (Å²) in [4.78, 5) is 45.5. The summed E-state index contributed by atoms with van der Waals surface area (Å²) in [7, 11) is 0. The van der Waals surface area contributed by atoms with Crippen LogP contribution in [0.15, 0.2) is 18.2 Å². The predicted molar refractivity (Wildman–Crippen MR) is 147 cm³/mol. The van der Waals surface area contributed by atoms with Gasteiger partial charge in [-0.15, -0.1) is 0 Å². The first kappa shape index (κ1) is 27.7. The minimum Gasteiger partial charge on any atom is -0.367 e. The second kappa shape index (κ2) is 11.3. The van der Waals surface area contributed by atoms with Gasteiger partial charge in [-0.05, 0) is 57.0 Å². The first-order valence-electron chi connectivity index (χ1n) is 14.1. The quantitative estimate of drug-likeness (QED) is 0.471. The van der Waals surface area contributed by atoms with Crippen molar-refractivity contribution >= 4 is 46.6 Å². The Balaban J connectivity index is 1.42. The molecule has 5 rings (SSSR count). The average Bonchev–Trinajstić information content (AvgIpc) is 3.55. The van der Waals surface area contributed by atoms with Crippen molar-refractivity contribution in [1.29, 1.82) is 0 Å². The highest BCUT2D eigenvalue weighted by molar-refractivity contribution is 6.42. The number of amides is 3. The van der Waals surface area contributed by atoms with E-state index >= 15 is 0 Å². The molecule has 8 nitrogen and oxygen atoms in total. The van der Waals surface area contributed by atoms with Gasteiger partial charge < -0.3 is 25.2 Å². The second-order valence-corrected chi connectivity index (χ2v) is 11.9. The number of likely N-dealkylation sites (N-methyl/N-ethyl adjacent to an activating group) is 1. The molecule has 4 fully saturated rings. The molecule has 3 saturated heterocycles. The Kier molecular flexibility index (Phi) is 8.25. The monoisotopic (exact) mass is 564 g/mol. The number of fused-ring (bicyclic) bond motifs is 1. The predicted octanol–water partition coefficient (Wildman–Crippen LogP) is 4.10. The van der Waals surface area contributed by atoms with Gasteiger partial charge in [0, 0.05) is 24.8 Å². The molecule has 1 aromatic carbocycles. The average molecular weight is 566 g/mol. The Hall–Kier alpha value is -1.87. The number of hydrogen-bond acceptors (Lipinski definition) is 5. The molecule has 0 radical (unpaired) electrons. The lowest BCUT2D eigenvalue weighted by Crippen LogP contribution is -2.57. The van der Waals surface area contributed by atoms with E-state index in [0.717, 1.165) is 38.8 Å². The maximum Gasteiger partial charge on any atom is 0.246 e. The Morgan fingerprint density at radius 3 is 2.50 bits per heavy atom. The van der Waals surface area contributed by atoms with Gasteiger partial charge in [0.2, 0.25) is 17.7 Å². The van der Waals surface area contributed by atoms with Gasteiger partial charge in [0.1, 0.15) is 11.6 Å². The number of carbonyl (C=O) groups is 3. The van der Waals surface area contributed by atoms with E-state index in [1.807, 2.05) is 0 Å². The van der Waals surface area contributed by atoms with Crippen LogP contribution in [0.2, 0.25) is 10.0 Å². The second-order valence-electron chi connectivity index (χ2n) is 11.1. The molecule has 5 unspecified atom stereocenters. The lowest BCUT2D eigenvalue weighted by molar-refractivity contribution is -0.142. The van der Waals surface area contributed by atoms with Crippen molar-refractivity contribution in [3.05, 3.63) is 28.2 Å². The van der Waals surface area contributed by atoms with Crippen LogP contribution in [-0.4, -0.2) is 77.5 Å². The van der Waals surface area contributed by atoms with Crippen molar-refractivity contribution in [3.63, 3.8) is 0 Å². The molecule has 0 aromatic heterocycles. The number of benzene rings is 1. The van der Waals surface area contributed by atoms with E-state index in [2.05, 4.69) is 29.4 Å². The van der Waals surface area contributed by atoms with Crippen molar-refractivity contribution in [2.24, 2.45) is 11.8 Å². The van der Waals surface area contributed by atoms with Crippen LogP contribution in [0.3, 0.4) is 0 Å². The molecule has 1 spiro atoms. The van der Waals surface area contributed by atoms with Crippen LogP contribution in [0, 0.1) is 11.8 Å². The van der Waals surface area contributed by atoms with Crippen molar-refractivity contribution in [2.45, 2.75) is 82.6 Å². The maximum absolute atomic E-state index is 14.1. The molecule has 1 saturated carbocycles. The van der Waals surface area contributed by atoms with Crippen LogP contribution in [0.25, 0.3) is 0 Å². The summed E-state index contributed by atoms with van der Waals surface area (Å²) in [6.45, 7) is 6.99. The van der Waals surface area contributed by atoms with Crippen molar-refractivity contribution < 1.29 is 19.1 Å². The molecule has 3 amide bonds. The number of ether oxygens (including phenoxy) is 1.